The van der Waals surface area contributed by atoms with E-state index >= 15 is 0 Å². The van der Waals surface area contributed by atoms with Crippen LogP contribution in [-0.2, 0) is 11.2 Å². The van der Waals surface area contributed by atoms with E-state index < -0.39 is 0 Å². The molecular formula is C25H29N5O3. The van der Waals surface area contributed by atoms with Crippen molar-refractivity contribution in [3.05, 3.63) is 47.5 Å². The van der Waals surface area contributed by atoms with E-state index in [4.69, 9.17) is 15.0 Å². The molecule has 3 aromatic rings. The molecule has 8 heteroatoms. The molecule has 1 aromatic heterocycles. The fourth-order valence-corrected chi connectivity index (χ4v) is 4.85. The van der Waals surface area contributed by atoms with E-state index in [0.717, 1.165) is 37.1 Å². The Hall–Kier alpha value is -3.39. The molecule has 1 aliphatic heterocycles. The first-order chi connectivity index (χ1) is 15.9. The number of nitrogens with zero attached hydrogens (tertiary/aromatic N) is 3. The molecule has 0 bridgehead atoms. The number of hydrogen-bond donors (Lipinski definition) is 2. The molecule has 0 saturated carbocycles. The van der Waals surface area contributed by atoms with Crippen molar-refractivity contribution >= 4 is 11.6 Å². The minimum absolute atomic E-state index is 0.0445. The van der Waals surface area contributed by atoms with Crippen molar-refractivity contribution in [1.82, 2.24) is 20.4 Å². The summed E-state index contributed by atoms with van der Waals surface area (Å²) in [6.45, 7) is 5.53. The summed E-state index contributed by atoms with van der Waals surface area (Å²) in [4.78, 5) is 18.9. The quantitative estimate of drug-likeness (QED) is 0.558. The first-order valence-electron chi connectivity index (χ1n) is 11.4. The normalized spacial score (nSPS) is 18.2. The molecule has 172 valence electrons. The first-order valence-corrected chi connectivity index (χ1v) is 11.4. The molecule has 3 N–H and O–H groups in total. The third-order valence-electron chi connectivity index (χ3n) is 6.49. The number of ether oxygens (including phenoxy) is 1. The number of nitrogen functional groups attached to an aromatic ring is 1. The Morgan fingerprint density at radius 2 is 2.09 bits per heavy atom. The van der Waals surface area contributed by atoms with Gasteiger partial charge in [-0.2, -0.15) is 4.98 Å². The van der Waals surface area contributed by atoms with Crippen LogP contribution in [0.5, 0.6) is 5.75 Å². The highest BCUT2D eigenvalue weighted by Gasteiger charge is 2.39. The second-order valence-electron chi connectivity index (χ2n) is 9.04. The predicted octanol–water partition coefficient (Wildman–Crippen LogP) is 3.44. The van der Waals surface area contributed by atoms with Crippen molar-refractivity contribution in [2.24, 2.45) is 5.92 Å². The molecule has 1 aliphatic carbocycles. The minimum Gasteiger partial charge on any atom is -0.489 e. The molecule has 1 saturated heterocycles. The number of amides is 1. The van der Waals surface area contributed by atoms with E-state index in [1.165, 1.54) is 11.1 Å². The third kappa shape index (κ3) is 3.95. The second kappa shape index (κ2) is 8.51. The lowest BCUT2D eigenvalue weighted by Gasteiger charge is -2.42. The van der Waals surface area contributed by atoms with E-state index in [0.29, 0.717) is 29.2 Å². The summed E-state index contributed by atoms with van der Waals surface area (Å²) in [5.41, 5.74) is 11.0. The highest BCUT2D eigenvalue weighted by molar-refractivity contribution is 5.79. The lowest BCUT2D eigenvalue weighted by atomic mass is 9.94. The molecule has 2 aliphatic rings. The molecule has 1 fully saturated rings. The molecule has 2 heterocycles. The van der Waals surface area contributed by atoms with Crippen LogP contribution in [0.4, 0.5) is 5.69 Å². The van der Waals surface area contributed by atoms with Gasteiger partial charge in [0.05, 0.1) is 17.7 Å². The lowest BCUT2D eigenvalue weighted by Crippen LogP contribution is -2.53. The van der Waals surface area contributed by atoms with Crippen molar-refractivity contribution in [1.29, 1.82) is 0 Å². The Morgan fingerprint density at radius 3 is 2.82 bits per heavy atom. The van der Waals surface area contributed by atoms with Crippen molar-refractivity contribution in [3.63, 3.8) is 0 Å². The number of rotatable bonds is 6. The Morgan fingerprint density at radius 1 is 1.27 bits per heavy atom. The van der Waals surface area contributed by atoms with Gasteiger partial charge in [0.25, 0.3) is 5.89 Å². The summed E-state index contributed by atoms with van der Waals surface area (Å²) in [5, 5.41) is 7.02. The number of likely N-dealkylation sites (tertiary alicyclic amines) is 1. The zero-order chi connectivity index (χ0) is 23.1. The molecule has 5 rings (SSSR count). The van der Waals surface area contributed by atoms with Crippen LogP contribution in [0.3, 0.4) is 0 Å². The third-order valence-corrected chi connectivity index (χ3v) is 6.49. The largest absolute Gasteiger partial charge is 0.489 e. The van der Waals surface area contributed by atoms with Crippen molar-refractivity contribution in [2.75, 3.05) is 25.9 Å². The molecule has 8 nitrogen and oxygen atoms in total. The molecule has 0 radical (unpaired) electrons. The summed E-state index contributed by atoms with van der Waals surface area (Å²) in [6.07, 6.45) is 2.03. The van der Waals surface area contributed by atoms with E-state index in [9.17, 15) is 4.79 Å². The molecule has 1 atom stereocenters. The van der Waals surface area contributed by atoms with E-state index in [-0.39, 0.29) is 17.9 Å². The summed E-state index contributed by atoms with van der Waals surface area (Å²) >= 11 is 0. The van der Waals surface area contributed by atoms with E-state index in [1.54, 1.807) is 13.1 Å². The maximum Gasteiger partial charge on any atom is 0.258 e. The van der Waals surface area contributed by atoms with E-state index in [2.05, 4.69) is 32.5 Å². The van der Waals surface area contributed by atoms with Crippen molar-refractivity contribution < 1.29 is 14.1 Å². The topological polar surface area (TPSA) is 107 Å². The van der Waals surface area contributed by atoms with Gasteiger partial charge in [0.15, 0.2) is 0 Å². The van der Waals surface area contributed by atoms with Gasteiger partial charge in [-0.3, -0.25) is 9.69 Å². The molecule has 33 heavy (non-hydrogen) atoms. The molecule has 0 unspecified atom stereocenters. The maximum absolute atomic E-state index is 11.9. The van der Waals surface area contributed by atoms with Crippen molar-refractivity contribution in [2.45, 2.75) is 38.8 Å². The van der Waals surface area contributed by atoms with Gasteiger partial charge in [-0.15, -0.1) is 0 Å². The van der Waals surface area contributed by atoms with Crippen molar-refractivity contribution in [3.8, 4) is 28.6 Å². The monoisotopic (exact) mass is 447 g/mol. The fraction of sp³-hybridized carbons (Fsp3) is 0.400. The van der Waals surface area contributed by atoms with Crippen LogP contribution in [0.15, 0.2) is 40.9 Å². The zero-order valence-electron chi connectivity index (χ0n) is 19.2. The number of hydrogen-bond acceptors (Lipinski definition) is 7. The number of fused-ring (bicyclic) bond motifs is 1. The summed E-state index contributed by atoms with van der Waals surface area (Å²) < 4.78 is 11.3. The van der Waals surface area contributed by atoms with Crippen LogP contribution >= 0.6 is 0 Å². The Kier molecular flexibility index (Phi) is 5.54. The van der Waals surface area contributed by atoms with Crippen LogP contribution in [0.1, 0.15) is 37.4 Å². The SMILES string of the molecule is CNC(=O)C1CN([C@H]2CCc3c(-c4noc(-c5ccc(OC(C)C)c(N)c5)n4)cccc32)C1. The standard InChI is InChI=1S/C25H29N5O3/c1-14(2)32-22-10-7-15(11-20(22)26)25-28-23(29-33-25)19-6-4-5-18-17(19)8-9-21(18)30-12-16(13-30)24(31)27-3/h4-7,10-11,14,16,21H,8-9,12-13,26H2,1-3H3,(H,27,31)/t21-/m0/s1. The van der Waals surface area contributed by atoms with Crippen LogP contribution in [0.2, 0.25) is 0 Å². The van der Waals surface area contributed by atoms with E-state index in [1.807, 2.05) is 32.0 Å². The first kappa shape index (κ1) is 21.5. The number of aromatic nitrogens is 2. The number of carbonyl (C=O) groups is 1. The minimum atomic E-state index is 0.0445. The highest BCUT2D eigenvalue weighted by Crippen LogP contribution is 2.42. The Labute approximate surface area is 193 Å². The highest BCUT2D eigenvalue weighted by atomic mass is 16.5. The Bertz CT molecular complexity index is 1180. The Balaban J connectivity index is 1.37. The molecule has 1 amide bonds. The molecule has 2 aromatic carbocycles. The zero-order valence-corrected chi connectivity index (χ0v) is 19.2. The number of carbonyl (C=O) groups excluding carboxylic acids is 1. The van der Waals surface area contributed by atoms with Gasteiger partial charge in [0.1, 0.15) is 5.75 Å². The molecule has 0 spiro atoms. The second-order valence-corrected chi connectivity index (χ2v) is 9.04. The van der Waals surface area contributed by atoms with Gasteiger partial charge < -0.3 is 20.3 Å². The summed E-state index contributed by atoms with van der Waals surface area (Å²) in [6, 6.07) is 12.1. The average molecular weight is 448 g/mol. The average Bonchev–Trinajstić information content (AvgIpc) is 3.41. The molecular weight excluding hydrogens is 418 g/mol. The number of nitrogens with two attached hydrogens (primary N) is 1. The summed E-state index contributed by atoms with van der Waals surface area (Å²) in [7, 11) is 1.70. The van der Waals surface area contributed by atoms with Gasteiger partial charge in [-0.1, -0.05) is 23.4 Å². The van der Waals surface area contributed by atoms with Gasteiger partial charge >= 0.3 is 0 Å². The number of anilines is 1. The maximum atomic E-state index is 11.9. The number of benzene rings is 2. The van der Waals surface area contributed by atoms with Crippen LogP contribution < -0.4 is 15.8 Å². The van der Waals surface area contributed by atoms with Gasteiger partial charge in [-0.25, -0.2) is 0 Å². The van der Waals surface area contributed by atoms with Gasteiger partial charge in [-0.05, 0) is 56.0 Å². The van der Waals surface area contributed by atoms with Gasteiger partial charge in [0, 0.05) is 37.3 Å². The van der Waals surface area contributed by atoms with Crippen LogP contribution in [0.25, 0.3) is 22.8 Å². The summed E-state index contributed by atoms with van der Waals surface area (Å²) in [5.74, 6) is 1.87. The van der Waals surface area contributed by atoms with Crippen LogP contribution in [0, 0.1) is 5.92 Å². The smallest absolute Gasteiger partial charge is 0.258 e. The van der Waals surface area contributed by atoms with Crippen LogP contribution in [-0.4, -0.2) is 47.2 Å². The number of nitrogens with one attached hydrogen (secondary N) is 1. The van der Waals surface area contributed by atoms with Gasteiger partial charge in [0.2, 0.25) is 11.7 Å². The lowest BCUT2D eigenvalue weighted by molar-refractivity contribution is -0.130. The predicted molar refractivity (Wildman–Crippen MR) is 126 cm³/mol. The fourth-order valence-electron chi connectivity index (χ4n) is 4.85.